The number of methoxy groups -OCH3 is 2. The van der Waals surface area contributed by atoms with Crippen LogP contribution in [0.2, 0.25) is 0 Å². The van der Waals surface area contributed by atoms with Crippen molar-refractivity contribution >= 4 is 23.5 Å². The van der Waals surface area contributed by atoms with E-state index < -0.39 is 12.0 Å². The summed E-state index contributed by atoms with van der Waals surface area (Å²) in [5.41, 5.74) is 1.80. The summed E-state index contributed by atoms with van der Waals surface area (Å²) in [4.78, 5) is 26.3. The molecule has 2 aromatic carbocycles. The number of nitrogens with zero attached hydrogens (tertiary/aromatic N) is 1. The van der Waals surface area contributed by atoms with Crippen molar-refractivity contribution in [2.75, 3.05) is 20.1 Å². The Morgan fingerprint density at radius 2 is 1.65 bits per heavy atom. The zero-order chi connectivity index (χ0) is 18.9. The first-order valence-corrected chi connectivity index (χ1v) is 8.72. The summed E-state index contributed by atoms with van der Waals surface area (Å²) in [7, 11) is 2.91. The van der Waals surface area contributed by atoms with E-state index in [4.69, 9.17) is 21.1 Å². The van der Waals surface area contributed by atoms with E-state index in [0.29, 0.717) is 6.42 Å². The van der Waals surface area contributed by atoms with E-state index in [-0.39, 0.29) is 18.3 Å². The van der Waals surface area contributed by atoms with Crippen LogP contribution in [0.1, 0.15) is 11.1 Å². The quantitative estimate of drug-likeness (QED) is 0.525. The fourth-order valence-corrected chi connectivity index (χ4v) is 2.82. The van der Waals surface area contributed by atoms with Crippen molar-refractivity contribution in [3.05, 3.63) is 65.7 Å². The molecule has 0 heterocycles. The molecule has 0 saturated heterocycles. The molecule has 2 rings (SSSR count). The van der Waals surface area contributed by atoms with E-state index in [9.17, 15) is 9.59 Å². The number of rotatable bonds is 8. The van der Waals surface area contributed by atoms with Crippen LogP contribution < -0.4 is 4.74 Å². The van der Waals surface area contributed by atoms with Gasteiger partial charge in [-0.25, -0.2) is 4.79 Å². The molecule has 1 atom stereocenters. The number of hydrogen-bond acceptors (Lipinski definition) is 4. The molecule has 1 amide bonds. The lowest BCUT2D eigenvalue weighted by molar-refractivity contribution is -0.152. The maximum absolute atomic E-state index is 12.5. The molecule has 0 unspecified atom stereocenters. The van der Waals surface area contributed by atoms with Gasteiger partial charge in [0.2, 0.25) is 5.91 Å². The zero-order valence-corrected chi connectivity index (χ0v) is 15.6. The number of amides is 1. The minimum Gasteiger partial charge on any atom is -0.497 e. The topological polar surface area (TPSA) is 55.8 Å². The molecule has 26 heavy (non-hydrogen) atoms. The second-order valence-electron chi connectivity index (χ2n) is 5.73. The molecular weight excluding hydrogens is 354 g/mol. The fraction of sp³-hybridized carbons (Fsp3) is 0.300. The zero-order valence-electron chi connectivity index (χ0n) is 14.9. The van der Waals surface area contributed by atoms with Gasteiger partial charge in [0.05, 0.1) is 14.2 Å². The van der Waals surface area contributed by atoms with E-state index in [1.807, 2.05) is 54.6 Å². The number of esters is 1. The Hall–Kier alpha value is -2.53. The van der Waals surface area contributed by atoms with Gasteiger partial charge in [0.25, 0.3) is 0 Å². The minimum absolute atomic E-state index is 0.210. The van der Waals surface area contributed by atoms with Crippen molar-refractivity contribution in [1.29, 1.82) is 0 Å². The lowest BCUT2D eigenvalue weighted by Gasteiger charge is -2.30. The standard InChI is InChI=1S/C20H22ClNO4/c1-25-17-10-8-16(9-11-17)14-22(19(23)13-21)18(20(24)26-2)12-15-6-4-3-5-7-15/h3-11,18H,12-14H2,1-2H3/t18-/m0/s1. The Morgan fingerprint density at radius 1 is 1.00 bits per heavy atom. The smallest absolute Gasteiger partial charge is 0.328 e. The average Bonchev–Trinajstić information content (AvgIpc) is 2.70. The van der Waals surface area contributed by atoms with E-state index in [1.165, 1.54) is 12.0 Å². The average molecular weight is 376 g/mol. The van der Waals surface area contributed by atoms with Gasteiger partial charge in [0.15, 0.2) is 0 Å². The van der Waals surface area contributed by atoms with Crippen molar-refractivity contribution in [3.63, 3.8) is 0 Å². The summed E-state index contributed by atoms with van der Waals surface area (Å²) < 4.78 is 10.1. The molecule has 0 aliphatic carbocycles. The second kappa shape index (κ2) is 9.82. The van der Waals surface area contributed by atoms with Gasteiger partial charge in [-0.3, -0.25) is 4.79 Å². The number of hydrogen-bond donors (Lipinski definition) is 0. The summed E-state index contributed by atoms with van der Waals surface area (Å²) in [5, 5.41) is 0. The number of alkyl halides is 1. The maximum atomic E-state index is 12.5. The predicted molar refractivity (Wildman–Crippen MR) is 100 cm³/mol. The molecule has 2 aromatic rings. The second-order valence-corrected chi connectivity index (χ2v) is 6.00. The first kappa shape index (κ1) is 19.8. The van der Waals surface area contributed by atoms with Gasteiger partial charge < -0.3 is 14.4 Å². The Labute approximate surface area is 158 Å². The molecule has 0 aromatic heterocycles. The molecule has 5 nitrogen and oxygen atoms in total. The van der Waals surface area contributed by atoms with Gasteiger partial charge in [0, 0.05) is 13.0 Å². The molecule has 0 fully saturated rings. The Balaban J connectivity index is 2.29. The molecule has 0 bridgehead atoms. The van der Waals surface area contributed by atoms with E-state index in [1.54, 1.807) is 7.11 Å². The maximum Gasteiger partial charge on any atom is 0.328 e. The van der Waals surface area contributed by atoms with Crippen LogP contribution in [-0.2, 0) is 27.3 Å². The third-order valence-electron chi connectivity index (χ3n) is 4.07. The monoisotopic (exact) mass is 375 g/mol. The lowest BCUT2D eigenvalue weighted by Crippen LogP contribution is -2.47. The van der Waals surface area contributed by atoms with Gasteiger partial charge in [-0.15, -0.1) is 11.6 Å². The first-order valence-electron chi connectivity index (χ1n) is 8.19. The molecule has 0 spiro atoms. The summed E-state index contributed by atoms with van der Waals surface area (Å²) in [6.07, 6.45) is 0.353. The molecule has 6 heteroatoms. The highest BCUT2D eigenvalue weighted by Crippen LogP contribution is 2.18. The third kappa shape index (κ3) is 5.23. The number of halogens is 1. The first-order chi connectivity index (χ1) is 12.6. The van der Waals surface area contributed by atoms with Crippen LogP contribution in [0.5, 0.6) is 5.75 Å². The molecule has 0 radical (unpaired) electrons. The summed E-state index contributed by atoms with van der Waals surface area (Å²) in [6.45, 7) is 0.252. The number of carbonyl (C=O) groups excluding carboxylic acids is 2. The summed E-state index contributed by atoms with van der Waals surface area (Å²) >= 11 is 5.79. The van der Waals surface area contributed by atoms with Crippen LogP contribution in [0, 0.1) is 0 Å². The predicted octanol–water partition coefficient (Wildman–Crippen LogP) is 3.05. The van der Waals surface area contributed by atoms with Crippen LogP contribution in [0.4, 0.5) is 0 Å². The van der Waals surface area contributed by atoms with E-state index in [2.05, 4.69) is 0 Å². The Bertz CT molecular complexity index is 718. The highest BCUT2D eigenvalue weighted by molar-refractivity contribution is 6.27. The van der Waals surface area contributed by atoms with Crippen molar-refractivity contribution in [1.82, 2.24) is 4.90 Å². The van der Waals surface area contributed by atoms with Crippen LogP contribution in [-0.4, -0.2) is 42.9 Å². The number of benzene rings is 2. The Morgan fingerprint density at radius 3 is 2.19 bits per heavy atom. The van der Waals surface area contributed by atoms with Crippen LogP contribution in [0.3, 0.4) is 0 Å². The normalized spacial score (nSPS) is 11.5. The van der Waals surface area contributed by atoms with Crippen molar-refractivity contribution < 1.29 is 19.1 Å². The SMILES string of the molecule is COC(=O)[C@H](Cc1ccccc1)N(Cc1ccc(OC)cc1)C(=O)CCl. The van der Waals surface area contributed by atoms with E-state index in [0.717, 1.165) is 16.9 Å². The Kier molecular flexibility index (Phi) is 7.48. The largest absolute Gasteiger partial charge is 0.497 e. The summed E-state index contributed by atoms with van der Waals surface area (Å²) in [5.74, 6) is -0.286. The number of carbonyl (C=O) groups is 2. The van der Waals surface area contributed by atoms with Gasteiger partial charge in [-0.05, 0) is 23.3 Å². The van der Waals surface area contributed by atoms with Crippen LogP contribution in [0.15, 0.2) is 54.6 Å². The van der Waals surface area contributed by atoms with Gasteiger partial charge >= 0.3 is 5.97 Å². The van der Waals surface area contributed by atoms with Crippen LogP contribution >= 0.6 is 11.6 Å². The third-order valence-corrected chi connectivity index (χ3v) is 4.30. The van der Waals surface area contributed by atoms with Gasteiger partial charge in [-0.2, -0.15) is 0 Å². The van der Waals surface area contributed by atoms with Crippen molar-refractivity contribution in [2.45, 2.75) is 19.0 Å². The van der Waals surface area contributed by atoms with E-state index >= 15 is 0 Å². The minimum atomic E-state index is -0.754. The van der Waals surface area contributed by atoms with Crippen molar-refractivity contribution in [2.24, 2.45) is 0 Å². The van der Waals surface area contributed by atoms with Gasteiger partial charge in [0.1, 0.15) is 17.7 Å². The fourth-order valence-electron chi connectivity index (χ4n) is 2.67. The number of ether oxygens (including phenoxy) is 2. The molecule has 0 saturated carbocycles. The molecule has 0 N–H and O–H groups in total. The molecule has 0 aliphatic rings. The van der Waals surface area contributed by atoms with Crippen LogP contribution in [0.25, 0.3) is 0 Å². The molecule has 0 aliphatic heterocycles. The summed E-state index contributed by atoms with van der Waals surface area (Å²) in [6, 6.07) is 16.1. The van der Waals surface area contributed by atoms with Crippen molar-refractivity contribution in [3.8, 4) is 5.75 Å². The molecular formula is C20H22ClNO4. The highest BCUT2D eigenvalue weighted by atomic mass is 35.5. The van der Waals surface area contributed by atoms with Gasteiger partial charge in [-0.1, -0.05) is 42.5 Å². The molecule has 138 valence electrons. The highest BCUT2D eigenvalue weighted by Gasteiger charge is 2.30. The lowest BCUT2D eigenvalue weighted by atomic mass is 10.0.